The number of piperidine rings is 1. The lowest BCUT2D eigenvalue weighted by Crippen LogP contribution is -2.52. The third-order valence-corrected chi connectivity index (χ3v) is 4.49. The summed E-state index contributed by atoms with van der Waals surface area (Å²) in [6.07, 6.45) is 2.07. The van der Waals surface area contributed by atoms with E-state index in [0.29, 0.717) is 23.8 Å². The minimum atomic E-state index is -0.427. The predicted octanol–water partition coefficient (Wildman–Crippen LogP) is 3.03. The van der Waals surface area contributed by atoms with Crippen LogP contribution in [-0.2, 0) is 0 Å². The molecule has 1 fully saturated rings. The van der Waals surface area contributed by atoms with Crippen molar-refractivity contribution >= 4 is 5.78 Å². The van der Waals surface area contributed by atoms with Gasteiger partial charge in [-0.1, -0.05) is 0 Å². The van der Waals surface area contributed by atoms with E-state index in [1.54, 1.807) is 0 Å². The van der Waals surface area contributed by atoms with Crippen molar-refractivity contribution in [3.8, 4) is 5.75 Å². The van der Waals surface area contributed by atoms with Gasteiger partial charge in [0.15, 0.2) is 5.78 Å². The molecule has 20 heavy (non-hydrogen) atoms. The summed E-state index contributed by atoms with van der Waals surface area (Å²) in [5.41, 5.74) is 0.0896. The normalized spacial score (nSPS) is 21.9. The van der Waals surface area contributed by atoms with Gasteiger partial charge in [-0.25, -0.2) is 4.39 Å². The van der Waals surface area contributed by atoms with Crippen LogP contribution in [0.4, 0.5) is 4.39 Å². The molecule has 0 aromatic heterocycles. The Balaban J connectivity index is 1.83. The Morgan fingerprint density at radius 2 is 2.00 bits per heavy atom. The number of carbonyl (C=O) groups is 1. The van der Waals surface area contributed by atoms with Gasteiger partial charge in [-0.05, 0) is 26.0 Å². The lowest BCUT2D eigenvalue weighted by atomic mass is 9.82. The maximum absolute atomic E-state index is 13.3. The van der Waals surface area contributed by atoms with Gasteiger partial charge in [0, 0.05) is 38.0 Å². The summed E-state index contributed by atoms with van der Waals surface area (Å²) in [4.78, 5) is 14.7. The van der Waals surface area contributed by atoms with E-state index in [1.807, 2.05) is 0 Å². The first-order valence-electron chi connectivity index (χ1n) is 7.25. The molecule has 0 N–H and O–H groups in total. The van der Waals surface area contributed by atoms with Crippen LogP contribution in [0, 0.1) is 5.82 Å². The summed E-state index contributed by atoms with van der Waals surface area (Å²) >= 11 is 0. The number of carbonyl (C=O) groups excluding carboxylic acids is 1. The van der Waals surface area contributed by atoms with Gasteiger partial charge < -0.3 is 9.64 Å². The summed E-state index contributed by atoms with van der Waals surface area (Å²) in [6, 6.07) is 4.70. The molecule has 0 unspecified atom stereocenters. The molecule has 4 heteroatoms. The maximum atomic E-state index is 13.3. The van der Waals surface area contributed by atoms with Crippen LogP contribution in [0.2, 0.25) is 0 Å². The Morgan fingerprint density at radius 3 is 2.65 bits per heavy atom. The van der Waals surface area contributed by atoms with Gasteiger partial charge in [0.05, 0.1) is 12.0 Å². The van der Waals surface area contributed by atoms with Gasteiger partial charge in [0.2, 0.25) is 0 Å². The molecule has 1 aromatic carbocycles. The zero-order valence-electron chi connectivity index (χ0n) is 12.0. The fourth-order valence-corrected chi connectivity index (χ4v) is 3.19. The first-order chi connectivity index (χ1) is 9.49. The highest BCUT2D eigenvalue weighted by Gasteiger charge is 2.43. The smallest absolute Gasteiger partial charge is 0.170 e. The third kappa shape index (κ3) is 2.33. The number of fused-ring (bicyclic) bond motifs is 1. The summed E-state index contributed by atoms with van der Waals surface area (Å²) in [6.45, 7) is 6.20. The van der Waals surface area contributed by atoms with Gasteiger partial charge >= 0.3 is 0 Å². The Morgan fingerprint density at radius 1 is 1.30 bits per heavy atom. The molecule has 3 nitrogen and oxygen atoms in total. The second kappa shape index (κ2) is 4.85. The highest BCUT2D eigenvalue weighted by molar-refractivity contribution is 6.00. The van der Waals surface area contributed by atoms with E-state index in [0.717, 1.165) is 25.9 Å². The first kappa shape index (κ1) is 13.6. The quantitative estimate of drug-likeness (QED) is 0.790. The average molecular weight is 277 g/mol. The van der Waals surface area contributed by atoms with Gasteiger partial charge in [0.1, 0.15) is 17.2 Å². The third-order valence-electron chi connectivity index (χ3n) is 4.49. The van der Waals surface area contributed by atoms with E-state index in [4.69, 9.17) is 4.74 Å². The lowest BCUT2D eigenvalue weighted by Gasteiger charge is -2.45. The molecule has 2 heterocycles. The highest BCUT2D eigenvalue weighted by Crippen LogP contribution is 2.39. The second-order valence-electron chi connectivity index (χ2n) is 6.16. The topological polar surface area (TPSA) is 29.5 Å². The molecule has 1 spiro atoms. The monoisotopic (exact) mass is 277 g/mol. The van der Waals surface area contributed by atoms with Crippen molar-refractivity contribution < 1.29 is 13.9 Å². The van der Waals surface area contributed by atoms with Crippen LogP contribution in [0.3, 0.4) is 0 Å². The molecule has 0 bridgehead atoms. The summed E-state index contributed by atoms with van der Waals surface area (Å²) in [5.74, 6) is 0.136. The number of halogens is 1. The maximum Gasteiger partial charge on any atom is 0.170 e. The van der Waals surface area contributed by atoms with E-state index in [1.165, 1.54) is 18.2 Å². The Bertz CT molecular complexity index is 533. The SMILES string of the molecule is CC(C)N1CCC2(CC1)CC(=O)c1ccc(F)cc1O2. The molecule has 108 valence electrons. The second-order valence-corrected chi connectivity index (χ2v) is 6.16. The van der Waals surface area contributed by atoms with Gasteiger partial charge in [0.25, 0.3) is 0 Å². The minimum Gasteiger partial charge on any atom is -0.486 e. The van der Waals surface area contributed by atoms with Crippen molar-refractivity contribution in [1.82, 2.24) is 4.90 Å². The van der Waals surface area contributed by atoms with Crippen LogP contribution >= 0.6 is 0 Å². The van der Waals surface area contributed by atoms with Gasteiger partial charge in [-0.15, -0.1) is 0 Å². The molecule has 2 aliphatic rings. The van der Waals surface area contributed by atoms with Crippen molar-refractivity contribution in [3.63, 3.8) is 0 Å². The standard InChI is InChI=1S/C16H20FNO2/c1-11(2)18-7-5-16(6-8-18)10-14(19)13-4-3-12(17)9-15(13)20-16/h3-4,9,11H,5-8,10H2,1-2H3. The molecule has 1 saturated heterocycles. The molecule has 1 aromatic rings. The number of ether oxygens (including phenoxy) is 1. The number of ketones is 1. The molecule has 2 aliphatic heterocycles. The van der Waals surface area contributed by atoms with E-state index >= 15 is 0 Å². The van der Waals surface area contributed by atoms with Crippen molar-refractivity contribution in [2.24, 2.45) is 0 Å². The van der Waals surface area contributed by atoms with Crippen LogP contribution in [0.15, 0.2) is 18.2 Å². The number of hydrogen-bond donors (Lipinski definition) is 0. The van der Waals surface area contributed by atoms with Crippen LogP contribution in [0.5, 0.6) is 5.75 Å². The Labute approximate surface area is 118 Å². The summed E-state index contributed by atoms with van der Waals surface area (Å²) in [5, 5.41) is 0. The number of hydrogen-bond acceptors (Lipinski definition) is 3. The van der Waals surface area contributed by atoms with E-state index in [9.17, 15) is 9.18 Å². The summed E-state index contributed by atoms with van der Waals surface area (Å²) in [7, 11) is 0. The van der Waals surface area contributed by atoms with Crippen molar-refractivity contribution in [1.29, 1.82) is 0 Å². The molecule has 0 radical (unpaired) electrons. The number of benzene rings is 1. The number of rotatable bonds is 1. The Kier molecular flexibility index (Phi) is 3.28. The molecular formula is C16H20FNO2. The predicted molar refractivity (Wildman–Crippen MR) is 74.6 cm³/mol. The number of likely N-dealkylation sites (tertiary alicyclic amines) is 1. The van der Waals surface area contributed by atoms with E-state index in [2.05, 4.69) is 18.7 Å². The fourth-order valence-electron chi connectivity index (χ4n) is 3.19. The van der Waals surface area contributed by atoms with Crippen LogP contribution < -0.4 is 4.74 Å². The minimum absolute atomic E-state index is 0.0734. The Hall–Kier alpha value is -1.42. The fraction of sp³-hybridized carbons (Fsp3) is 0.562. The molecule has 0 aliphatic carbocycles. The highest BCUT2D eigenvalue weighted by atomic mass is 19.1. The molecule has 0 atom stereocenters. The first-order valence-corrected chi connectivity index (χ1v) is 7.25. The number of Topliss-reactive ketones (excluding diaryl/α,β-unsaturated/α-hetero) is 1. The largest absolute Gasteiger partial charge is 0.486 e. The van der Waals surface area contributed by atoms with Crippen molar-refractivity contribution in [2.75, 3.05) is 13.1 Å². The van der Waals surface area contributed by atoms with Crippen LogP contribution in [0.25, 0.3) is 0 Å². The zero-order chi connectivity index (χ0) is 14.3. The summed E-state index contributed by atoms with van der Waals surface area (Å²) < 4.78 is 19.4. The molecule has 0 saturated carbocycles. The van der Waals surface area contributed by atoms with E-state index in [-0.39, 0.29) is 11.6 Å². The van der Waals surface area contributed by atoms with Crippen LogP contribution in [-0.4, -0.2) is 35.4 Å². The zero-order valence-corrected chi connectivity index (χ0v) is 12.0. The van der Waals surface area contributed by atoms with Gasteiger partial charge in [-0.2, -0.15) is 0 Å². The van der Waals surface area contributed by atoms with Crippen LogP contribution in [0.1, 0.15) is 43.5 Å². The molecular weight excluding hydrogens is 257 g/mol. The molecule has 0 amide bonds. The van der Waals surface area contributed by atoms with Gasteiger partial charge in [-0.3, -0.25) is 4.79 Å². The number of nitrogens with zero attached hydrogens (tertiary/aromatic N) is 1. The lowest BCUT2D eigenvalue weighted by molar-refractivity contribution is -0.0155. The average Bonchev–Trinajstić information content (AvgIpc) is 2.38. The van der Waals surface area contributed by atoms with Crippen molar-refractivity contribution in [3.05, 3.63) is 29.6 Å². The van der Waals surface area contributed by atoms with E-state index < -0.39 is 5.60 Å². The van der Waals surface area contributed by atoms with Crippen molar-refractivity contribution in [2.45, 2.75) is 44.8 Å². The molecule has 3 rings (SSSR count).